The molecule has 1 atom stereocenters. The first kappa shape index (κ1) is 14.4. The minimum atomic E-state index is -0.214. The van der Waals surface area contributed by atoms with Crippen molar-refractivity contribution in [2.45, 2.75) is 39.8 Å². The summed E-state index contributed by atoms with van der Waals surface area (Å²) in [5, 5.41) is 3.08. The lowest BCUT2D eigenvalue weighted by molar-refractivity contribution is 0.612. The molecule has 0 aromatic heterocycles. The first-order valence-electron chi connectivity index (χ1n) is 6.01. The maximum Gasteiger partial charge on any atom is 0.206 e. The average Bonchev–Trinajstić information content (AvgIpc) is 2.31. The number of aryl methyl sites for hydroxylation is 1. The van der Waals surface area contributed by atoms with Crippen LogP contribution in [0, 0.1) is 12.7 Å². The summed E-state index contributed by atoms with van der Waals surface area (Å²) >= 11 is 0. The highest BCUT2D eigenvalue weighted by atomic mass is 19.1. The van der Waals surface area contributed by atoms with E-state index < -0.39 is 0 Å². The minimum Gasteiger partial charge on any atom is -0.353 e. The normalized spacial score (nSPS) is 13.6. The van der Waals surface area contributed by atoms with Crippen LogP contribution in [0.4, 0.5) is 4.39 Å². The van der Waals surface area contributed by atoms with Gasteiger partial charge in [0.05, 0.1) is 6.04 Å². The van der Waals surface area contributed by atoms with Gasteiger partial charge in [-0.3, -0.25) is 5.43 Å². The molecule has 0 radical (unpaired) electrons. The largest absolute Gasteiger partial charge is 0.353 e. The summed E-state index contributed by atoms with van der Waals surface area (Å²) in [7, 11) is 0. The molecule has 18 heavy (non-hydrogen) atoms. The highest BCUT2D eigenvalue weighted by Gasteiger charge is 2.08. The molecule has 0 fully saturated rings. The van der Waals surface area contributed by atoms with E-state index in [2.05, 4.69) is 15.7 Å². The molecule has 0 saturated heterocycles. The van der Waals surface area contributed by atoms with Gasteiger partial charge < -0.3 is 5.32 Å². The minimum absolute atomic E-state index is 0.169. The fraction of sp³-hybridized carbons (Fsp3) is 0.462. The average molecular weight is 252 g/mol. The number of hydrogen-bond donors (Lipinski definition) is 3. The monoisotopic (exact) mass is 252 g/mol. The Balaban J connectivity index is 2.88. The molecule has 1 rings (SSSR count). The van der Waals surface area contributed by atoms with Crippen LogP contribution < -0.4 is 16.6 Å². The quantitative estimate of drug-likeness (QED) is 0.334. The van der Waals surface area contributed by atoms with Crippen molar-refractivity contribution in [2.24, 2.45) is 10.8 Å². The zero-order valence-electron chi connectivity index (χ0n) is 11.3. The fourth-order valence-electron chi connectivity index (χ4n) is 1.53. The summed E-state index contributed by atoms with van der Waals surface area (Å²) in [5.41, 5.74) is 3.95. The van der Waals surface area contributed by atoms with Crippen LogP contribution in [-0.2, 0) is 0 Å². The van der Waals surface area contributed by atoms with Crippen LogP contribution in [0.15, 0.2) is 23.2 Å². The first-order chi connectivity index (χ1) is 8.43. The van der Waals surface area contributed by atoms with E-state index in [1.807, 2.05) is 26.8 Å². The van der Waals surface area contributed by atoms with E-state index in [4.69, 9.17) is 5.84 Å². The molecular weight excluding hydrogens is 231 g/mol. The lowest BCUT2D eigenvalue weighted by Gasteiger charge is -2.15. The van der Waals surface area contributed by atoms with Crippen molar-refractivity contribution in [2.75, 3.05) is 0 Å². The number of nitrogens with zero attached hydrogens (tertiary/aromatic N) is 1. The molecule has 0 spiro atoms. The zero-order valence-corrected chi connectivity index (χ0v) is 11.3. The second-order valence-corrected chi connectivity index (χ2v) is 4.61. The third kappa shape index (κ3) is 4.00. The van der Waals surface area contributed by atoms with Crippen molar-refractivity contribution >= 4 is 5.96 Å². The third-order valence-corrected chi connectivity index (χ3v) is 2.56. The third-order valence-electron chi connectivity index (χ3n) is 2.56. The zero-order chi connectivity index (χ0) is 13.7. The van der Waals surface area contributed by atoms with E-state index in [0.29, 0.717) is 11.5 Å². The van der Waals surface area contributed by atoms with Gasteiger partial charge in [0.1, 0.15) is 5.82 Å². The molecule has 0 saturated carbocycles. The highest BCUT2D eigenvalue weighted by molar-refractivity contribution is 5.79. The molecule has 0 aliphatic carbocycles. The molecule has 0 bridgehead atoms. The second-order valence-electron chi connectivity index (χ2n) is 4.61. The van der Waals surface area contributed by atoms with Gasteiger partial charge in [0.25, 0.3) is 0 Å². The van der Waals surface area contributed by atoms with Gasteiger partial charge in [-0.1, -0.05) is 12.1 Å². The van der Waals surface area contributed by atoms with Crippen LogP contribution in [0.2, 0.25) is 0 Å². The summed E-state index contributed by atoms with van der Waals surface area (Å²) in [6.45, 7) is 7.61. The molecule has 0 aliphatic rings. The Bertz CT molecular complexity index is 429. The number of benzene rings is 1. The van der Waals surface area contributed by atoms with Crippen LogP contribution in [0.1, 0.15) is 37.9 Å². The summed E-state index contributed by atoms with van der Waals surface area (Å²) in [4.78, 5) is 4.38. The maximum absolute atomic E-state index is 13.5. The molecule has 4 nitrogen and oxygen atoms in total. The topological polar surface area (TPSA) is 62.4 Å². The van der Waals surface area contributed by atoms with E-state index >= 15 is 0 Å². The number of nitrogens with two attached hydrogens (primary N) is 1. The number of guanidine groups is 1. The van der Waals surface area contributed by atoms with Gasteiger partial charge in [0, 0.05) is 6.04 Å². The fourth-order valence-corrected chi connectivity index (χ4v) is 1.53. The molecule has 100 valence electrons. The Morgan fingerprint density at radius 2 is 2.00 bits per heavy atom. The molecule has 1 aromatic carbocycles. The molecule has 0 amide bonds. The molecule has 4 N–H and O–H groups in total. The summed E-state index contributed by atoms with van der Waals surface area (Å²) in [6, 6.07) is 5.18. The van der Waals surface area contributed by atoms with Gasteiger partial charge in [-0.25, -0.2) is 15.2 Å². The van der Waals surface area contributed by atoms with Gasteiger partial charge in [-0.2, -0.15) is 0 Å². The molecule has 0 heterocycles. The van der Waals surface area contributed by atoms with E-state index in [1.165, 1.54) is 6.07 Å². The van der Waals surface area contributed by atoms with Gasteiger partial charge in [0.15, 0.2) is 0 Å². The van der Waals surface area contributed by atoms with Crippen LogP contribution in [-0.4, -0.2) is 12.0 Å². The van der Waals surface area contributed by atoms with Crippen molar-refractivity contribution in [3.8, 4) is 0 Å². The lowest BCUT2D eigenvalue weighted by Crippen LogP contribution is -2.44. The molecule has 1 aromatic rings. The first-order valence-corrected chi connectivity index (χ1v) is 6.01. The van der Waals surface area contributed by atoms with Crippen LogP contribution >= 0.6 is 0 Å². The van der Waals surface area contributed by atoms with Crippen molar-refractivity contribution < 1.29 is 4.39 Å². The Morgan fingerprint density at radius 3 is 2.50 bits per heavy atom. The highest BCUT2D eigenvalue weighted by Crippen LogP contribution is 2.19. The Kier molecular flexibility index (Phi) is 5.09. The standard InChI is InChI=1S/C13H21FN4/c1-8(2)16-13(18-15)17-10(4)11-6-5-9(3)12(14)7-11/h5-8,10H,15H2,1-4H3,(H2,16,17,18). The number of aliphatic imine (C=N–C) groups is 1. The van der Waals surface area contributed by atoms with Gasteiger partial charge in [-0.15, -0.1) is 0 Å². The van der Waals surface area contributed by atoms with Crippen molar-refractivity contribution in [1.82, 2.24) is 10.7 Å². The number of halogens is 1. The number of hydrazine groups is 1. The van der Waals surface area contributed by atoms with Crippen molar-refractivity contribution in [3.63, 3.8) is 0 Å². The number of nitrogens with one attached hydrogen (secondary N) is 2. The van der Waals surface area contributed by atoms with Crippen molar-refractivity contribution in [1.29, 1.82) is 0 Å². The predicted molar refractivity (Wildman–Crippen MR) is 72.6 cm³/mol. The summed E-state index contributed by atoms with van der Waals surface area (Å²) < 4.78 is 13.5. The Labute approximate surface area is 107 Å². The van der Waals surface area contributed by atoms with Crippen LogP contribution in [0.25, 0.3) is 0 Å². The van der Waals surface area contributed by atoms with Crippen LogP contribution in [0.3, 0.4) is 0 Å². The van der Waals surface area contributed by atoms with Crippen molar-refractivity contribution in [3.05, 3.63) is 35.1 Å². The van der Waals surface area contributed by atoms with Crippen LogP contribution in [0.5, 0.6) is 0 Å². The van der Waals surface area contributed by atoms with E-state index in [9.17, 15) is 4.39 Å². The predicted octanol–water partition coefficient (Wildman–Crippen LogP) is 2.01. The Hall–Kier alpha value is -1.62. The van der Waals surface area contributed by atoms with Gasteiger partial charge in [-0.05, 0) is 44.9 Å². The number of rotatable bonds is 3. The molecular formula is C13H21FN4. The molecule has 1 unspecified atom stereocenters. The van der Waals surface area contributed by atoms with E-state index in [1.54, 1.807) is 13.0 Å². The maximum atomic E-state index is 13.5. The second kappa shape index (κ2) is 6.35. The molecule has 5 heteroatoms. The van der Waals surface area contributed by atoms with Gasteiger partial charge in [0.2, 0.25) is 5.96 Å². The molecule has 0 aliphatic heterocycles. The lowest BCUT2D eigenvalue weighted by atomic mass is 10.1. The summed E-state index contributed by atoms with van der Waals surface area (Å²) in [6.07, 6.45) is 0. The summed E-state index contributed by atoms with van der Waals surface area (Å²) in [5.74, 6) is 5.67. The van der Waals surface area contributed by atoms with E-state index in [0.717, 1.165) is 5.56 Å². The van der Waals surface area contributed by atoms with E-state index in [-0.39, 0.29) is 17.9 Å². The smallest absolute Gasteiger partial charge is 0.206 e. The Morgan fingerprint density at radius 1 is 1.33 bits per heavy atom. The van der Waals surface area contributed by atoms with Gasteiger partial charge >= 0.3 is 0 Å². The SMILES string of the molecule is Cc1ccc(C(C)N=C(NN)NC(C)C)cc1F. The number of hydrogen-bond acceptors (Lipinski definition) is 2.